The second-order valence-electron chi connectivity index (χ2n) is 19.2. The summed E-state index contributed by atoms with van der Waals surface area (Å²) >= 11 is 20.6. The lowest BCUT2D eigenvalue weighted by molar-refractivity contribution is -0.169. The molecule has 9 unspecified atom stereocenters. The number of carbonyl (C=O) groups excluding carboxylic acids is 2. The van der Waals surface area contributed by atoms with Crippen LogP contribution in [0.5, 0.6) is 0 Å². The molecule has 0 aromatic heterocycles. The topological polar surface area (TPSA) is 52.6 Å². The van der Waals surface area contributed by atoms with Gasteiger partial charge in [0, 0.05) is 15.6 Å². The van der Waals surface area contributed by atoms with Gasteiger partial charge in [0.05, 0.1) is 11.8 Å². The molecule has 1 fully saturated rings. The summed E-state index contributed by atoms with van der Waals surface area (Å²) in [6, 6.07) is 19.6. The largest absolute Gasteiger partial charge is 0.461 e. The second kappa shape index (κ2) is 24.4. The molecule has 0 aliphatic heterocycles. The smallest absolute Gasteiger partial charge is 0.310 e. The van der Waals surface area contributed by atoms with Crippen LogP contribution in [0.1, 0.15) is 156 Å². The van der Waals surface area contributed by atoms with Gasteiger partial charge in [0.1, 0.15) is 13.2 Å². The van der Waals surface area contributed by atoms with Gasteiger partial charge in [0.15, 0.2) is 0 Å². The summed E-state index contributed by atoms with van der Waals surface area (Å²) in [5.41, 5.74) is 2.19. The van der Waals surface area contributed by atoms with Crippen LogP contribution in [-0.4, -0.2) is 27.6 Å². The molecular formula is C49H75Cl3O4. The Labute approximate surface area is 356 Å². The van der Waals surface area contributed by atoms with E-state index in [2.05, 4.69) is 55.4 Å². The lowest BCUT2D eigenvalue weighted by Gasteiger charge is -2.40. The molecule has 0 heterocycles. The summed E-state index contributed by atoms with van der Waals surface area (Å²) in [6.07, 6.45) is 13.6. The van der Waals surface area contributed by atoms with E-state index in [0.717, 1.165) is 81.8 Å². The van der Waals surface area contributed by atoms with Gasteiger partial charge in [-0.1, -0.05) is 135 Å². The third kappa shape index (κ3) is 18.4. The second-order valence-corrected chi connectivity index (χ2v) is 21.3. The van der Waals surface area contributed by atoms with Gasteiger partial charge in [-0.15, -0.1) is 34.8 Å². The molecule has 3 rings (SSSR count). The summed E-state index contributed by atoms with van der Waals surface area (Å²) in [5.74, 6) is -0.0761. The first-order chi connectivity index (χ1) is 26.4. The van der Waals surface area contributed by atoms with Gasteiger partial charge in [-0.25, -0.2) is 0 Å². The van der Waals surface area contributed by atoms with Crippen molar-refractivity contribution < 1.29 is 19.1 Å². The minimum absolute atomic E-state index is 0.0155. The Kier molecular flexibility index (Phi) is 21.1. The van der Waals surface area contributed by atoms with Crippen LogP contribution in [-0.2, 0) is 32.3 Å². The first kappa shape index (κ1) is 48.6. The monoisotopic (exact) mass is 832 g/mol. The van der Waals surface area contributed by atoms with Crippen LogP contribution in [0.2, 0.25) is 0 Å². The summed E-state index contributed by atoms with van der Waals surface area (Å²) in [4.78, 5) is 28.1. The van der Waals surface area contributed by atoms with Crippen LogP contribution in [0.4, 0.5) is 0 Å². The fourth-order valence-corrected chi connectivity index (χ4v) is 9.08. The van der Waals surface area contributed by atoms with E-state index in [4.69, 9.17) is 44.3 Å². The third-order valence-corrected chi connectivity index (χ3v) is 14.1. The Morgan fingerprint density at radius 3 is 1.82 bits per heavy atom. The fraction of sp³-hybridized carbons (Fsp3) is 0.714. The molecule has 1 saturated carbocycles. The van der Waals surface area contributed by atoms with Crippen LogP contribution in [0, 0.1) is 46.8 Å². The van der Waals surface area contributed by atoms with Crippen LogP contribution >= 0.6 is 34.8 Å². The molecule has 0 amide bonds. The van der Waals surface area contributed by atoms with Crippen molar-refractivity contribution in [3.63, 3.8) is 0 Å². The molecule has 4 nitrogen and oxygen atoms in total. The zero-order valence-corrected chi connectivity index (χ0v) is 38.3. The zero-order chi connectivity index (χ0) is 41.3. The number of carbonyl (C=O) groups is 2. The first-order valence-corrected chi connectivity index (χ1v) is 23.1. The molecule has 316 valence electrons. The van der Waals surface area contributed by atoms with E-state index in [1.165, 1.54) is 12.8 Å². The highest BCUT2D eigenvalue weighted by Crippen LogP contribution is 2.45. The summed E-state index contributed by atoms with van der Waals surface area (Å²) < 4.78 is 12.0. The number of benzene rings is 2. The van der Waals surface area contributed by atoms with E-state index in [1.54, 1.807) is 0 Å². The highest BCUT2D eigenvalue weighted by molar-refractivity contribution is 6.24. The van der Waals surface area contributed by atoms with Gasteiger partial charge in [-0.3, -0.25) is 9.59 Å². The van der Waals surface area contributed by atoms with E-state index in [0.29, 0.717) is 29.6 Å². The highest BCUT2D eigenvalue weighted by Gasteiger charge is 2.47. The van der Waals surface area contributed by atoms with Crippen molar-refractivity contribution >= 4 is 46.7 Å². The lowest BCUT2D eigenvalue weighted by atomic mass is 9.64. The maximum absolute atomic E-state index is 14.2. The molecule has 1 aliphatic rings. The van der Waals surface area contributed by atoms with E-state index < -0.39 is 11.8 Å². The van der Waals surface area contributed by atoms with Crippen LogP contribution in [0.3, 0.4) is 0 Å². The Morgan fingerprint density at radius 2 is 1.25 bits per heavy atom. The molecular weight excluding hydrogens is 759 g/mol. The average molecular weight is 834 g/mol. The maximum atomic E-state index is 14.2. The minimum atomic E-state index is -0.562. The van der Waals surface area contributed by atoms with Crippen molar-refractivity contribution in [3.8, 4) is 0 Å². The Balaban J connectivity index is 1.75. The van der Waals surface area contributed by atoms with E-state index in [9.17, 15) is 9.59 Å². The quantitative estimate of drug-likeness (QED) is 0.0781. The highest BCUT2D eigenvalue weighted by atomic mass is 35.5. The van der Waals surface area contributed by atoms with Gasteiger partial charge < -0.3 is 9.47 Å². The SMILES string of the molecule is CC(CCCC(C)(Cl)CCC(Cl)C(C)C)CCC1CC(CCC(Cl)C(C)CCCC(C)(C)C)CC(C(=O)OCc2ccccc2)C1C(=O)OCc1ccccc1. The normalized spacial score (nSPS) is 22.1. The van der Waals surface area contributed by atoms with Gasteiger partial charge in [-0.2, -0.15) is 0 Å². The van der Waals surface area contributed by atoms with Gasteiger partial charge >= 0.3 is 11.9 Å². The maximum Gasteiger partial charge on any atom is 0.310 e. The molecule has 0 spiro atoms. The molecule has 9 atom stereocenters. The zero-order valence-electron chi connectivity index (χ0n) is 36.1. The van der Waals surface area contributed by atoms with Gasteiger partial charge in [0.25, 0.3) is 0 Å². The van der Waals surface area contributed by atoms with Crippen LogP contribution in [0.25, 0.3) is 0 Å². The van der Waals surface area contributed by atoms with E-state index in [-0.39, 0.29) is 52.6 Å². The van der Waals surface area contributed by atoms with Crippen molar-refractivity contribution in [3.05, 3.63) is 71.8 Å². The minimum Gasteiger partial charge on any atom is -0.461 e. The Morgan fingerprint density at radius 1 is 0.679 bits per heavy atom. The summed E-state index contributed by atoms with van der Waals surface area (Å²) in [5, 5.41) is 0.231. The number of esters is 2. The molecule has 0 radical (unpaired) electrons. The Bertz CT molecular complexity index is 1390. The number of rotatable bonds is 24. The van der Waals surface area contributed by atoms with Crippen molar-refractivity contribution in [1.82, 2.24) is 0 Å². The van der Waals surface area contributed by atoms with Gasteiger partial charge in [0.2, 0.25) is 0 Å². The molecule has 2 aromatic carbocycles. The standard InChI is InChI=1S/C49H75Cl3O4/c1-35(2)43(50)27-30-49(8,52)29-15-17-36(3)23-25-41-31-40(24-26-44(51)37(4)18-16-28-48(5,6)7)32-42(46(53)55-33-38-19-11-9-12-20-38)45(41)47(54)56-34-39-21-13-10-14-22-39/h9-14,19-22,35-37,40-45H,15-18,23-34H2,1-8H3. The van der Waals surface area contributed by atoms with Crippen LogP contribution in [0.15, 0.2) is 60.7 Å². The number of hydrogen-bond acceptors (Lipinski definition) is 4. The Hall–Kier alpha value is -1.75. The lowest BCUT2D eigenvalue weighted by Crippen LogP contribution is -2.43. The van der Waals surface area contributed by atoms with Gasteiger partial charge in [-0.05, 0) is 117 Å². The van der Waals surface area contributed by atoms with E-state index >= 15 is 0 Å². The summed E-state index contributed by atoms with van der Waals surface area (Å²) in [6.45, 7) is 18.3. The summed E-state index contributed by atoms with van der Waals surface area (Å²) in [7, 11) is 0. The molecule has 1 aliphatic carbocycles. The molecule has 0 N–H and O–H groups in total. The molecule has 2 aromatic rings. The van der Waals surface area contributed by atoms with Crippen molar-refractivity contribution in [2.45, 2.75) is 174 Å². The predicted octanol–water partition coefficient (Wildman–Crippen LogP) is 14.6. The predicted molar refractivity (Wildman–Crippen MR) is 237 cm³/mol. The first-order valence-electron chi connectivity index (χ1n) is 21.8. The third-order valence-electron chi connectivity index (χ3n) is 12.3. The fourth-order valence-electron chi connectivity index (χ4n) is 8.47. The van der Waals surface area contributed by atoms with E-state index in [1.807, 2.05) is 60.7 Å². The average Bonchev–Trinajstić information content (AvgIpc) is 3.16. The molecule has 0 saturated heterocycles. The van der Waals surface area contributed by atoms with Crippen LogP contribution < -0.4 is 0 Å². The van der Waals surface area contributed by atoms with Crippen molar-refractivity contribution in [2.75, 3.05) is 0 Å². The number of ether oxygens (including phenoxy) is 2. The number of halogens is 3. The van der Waals surface area contributed by atoms with Crippen molar-refractivity contribution in [1.29, 1.82) is 0 Å². The number of alkyl halides is 3. The van der Waals surface area contributed by atoms with Crippen molar-refractivity contribution in [2.24, 2.45) is 46.8 Å². The molecule has 0 bridgehead atoms. The molecule has 7 heteroatoms. The molecule has 56 heavy (non-hydrogen) atoms. The number of hydrogen-bond donors (Lipinski definition) is 0.